The number of nitrogens with zero attached hydrogens (tertiary/aromatic N) is 2. The molecule has 22 heavy (non-hydrogen) atoms. The molecule has 0 radical (unpaired) electrons. The SMILES string of the molecule is CCCC[N+]1(CC[N+]2(CCCC)CCOCC2)CCOCC1. The van der Waals surface area contributed by atoms with Crippen LogP contribution in [-0.2, 0) is 9.47 Å². The maximum atomic E-state index is 5.65. The van der Waals surface area contributed by atoms with Gasteiger partial charge in [-0.25, -0.2) is 0 Å². The number of ether oxygens (including phenoxy) is 2. The second-order valence-electron chi connectivity index (χ2n) is 7.40. The van der Waals surface area contributed by atoms with Crippen molar-refractivity contribution in [1.82, 2.24) is 0 Å². The third-order valence-corrected chi connectivity index (χ3v) is 5.86. The topological polar surface area (TPSA) is 18.5 Å². The Morgan fingerprint density at radius 1 is 0.591 bits per heavy atom. The van der Waals surface area contributed by atoms with Crippen LogP contribution in [0.5, 0.6) is 0 Å². The van der Waals surface area contributed by atoms with Crippen molar-refractivity contribution in [2.45, 2.75) is 39.5 Å². The first kappa shape index (κ1) is 18.2. The smallest absolute Gasteiger partial charge is 0.129 e. The van der Waals surface area contributed by atoms with Crippen molar-refractivity contribution in [1.29, 1.82) is 0 Å². The molecule has 2 heterocycles. The average Bonchev–Trinajstić information content (AvgIpc) is 2.58. The zero-order chi connectivity index (χ0) is 15.7. The van der Waals surface area contributed by atoms with Crippen molar-refractivity contribution in [2.24, 2.45) is 0 Å². The van der Waals surface area contributed by atoms with E-state index in [-0.39, 0.29) is 0 Å². The van der Waals surface area contributed by atoms with Gasteiger partial charge in [0.25, 0.3) is 0 Å². The minimum atomic E-state index is 0.960. The molecule has 2 fully saturated rings. The van der Waals surface area contributed by atoms with E-state index in [0.29, 0.717) is 0 Å². The third-order valence-electron chi connectivity index (χ3n) is 5.86. The molecule has 0 amide bonds. The van der Waals surface area contributed by atoms with Gasteiger partial charge in [0.15, 0.2) is 0 Å². The zero-order valence-electron chi connectivity index (χ0n) is 15.0. The number of hydrogen-bond donors (Lipinski definition) is 0. The Kier molecular flexibility index (Phi) is 7.61. The monoisotopic (exact) mass is 314 g/mol. The molecule has 0 spiro atoms. The fourth-order valence-electron chi connectivity index (χ4n) is 3.99. The molecule has 0 bridgehead atoms. The summed E-state index contributed by atoms with van der Waals surface area (Å²) >= 11 is 0. The molecule has 4 heteroatoms. The highest BCUT2D eigenvalue weighted by atomic mass is 16.5. The summed E-state index contributed by atoms with van der Waals surface area (Å²) < 4.78 is 13.9. The minimum absolute atomic E-state index is 0.960. The van der Waals surface area contributed by atoms with Gasteiger partial charge in [-0.15, -0.1) is 0 Å². The lowest BCUT2D eigenvalue weighted by Crippen LogP contribution is -2.63. The van der Waals surface area contributed by atoms with Crippen LogP contribution in [0.3, 0.4) is 0 Å². The van der Waals surface area contributed by atoms with Crippen LogP contribution in [0.2, 0.25) is 0 Å². The lowest BCUT2D eigenvalue weighted by Gasteiger charge is -2.46. The summed E-state index contributed by atoms with van der Waals surface area (Å²) in [5.41, 5.74) is 0. The van der Waals surface area contributed by atoms with Crippen molar-refractivity contribution >= 4 is 0 Å². The third kappa shape index (κ3) is 5.19. The fourth-order valence-corrected chi connectivity index (χ4v) is 3.99. The van der Waals surface area contributed by atoms with Crippen molar-refractivity contribution in [2.75, 3.05) is 78.8 Å². The van der Waals surface area contributed by atoms with Crippen molar-refractivity contribution < 1.29 is 18.4 Å². The Morgan fingerprint density at radius 2 is 0.955 bits per heavy atom. The Labute approximate surface area is 137 Å². The van der Waals surface area contributed by atoms with E-state index in [1.54, 1.807) is 0 Å². The van der Waals surface area contributed by atoms with Gasteiger partial charge in [-0.1, -0.05) is 26.7 Å². The van der Waals surface area contributed by atoms with Crippen molar-refractivity contribution in [3.8, 4) is 0 Å². The Morgan fingerprint density at radius 3 is 1.27 bits per heavy atom. The van der Waals surface area contributed by atoms with Crippen molar-refractivity contribution in [3.63, 3.8) is 0 Å². The summed E-state index contributed by atoms with van der Waals surface area (Å²) in [5, 5.41) is 0. The molecule has 2 aliphatic heterocycles. The molecule has 130 valence electrons. The summed E-state index contributed by atoms with van der Waals surface area (Å²) in [6.45, 7) is 18.8. The quantitative estimate of drug-likeness (QED) is 0.608. The standard InChI is InChI=1S/C18H38N2O2/c1-3-5-7-19(11-15-21-16-12-19)9-10-20(8-6-4-2)13-17-22-18-14-20/h3-18H2,1-2H3/q+2. The highest BCUT2D eigenvalue weighted by Gasteiger charge is 2.36. The molecule has 0 aromatic carbocycles. The number of unbranched alkanes of at least 4 members (excludes halogenated alkanes) is 2. The van der Waals surface area contributed by atoms with E-state index < -0.39 is 0 Å². The lowest BCUT2D eigenvalue weighted by molar-refractivity contribution is -0.987. The molecule has 4 nitrogen and oxygen atoms in total. The summed E-state index contributed by atoms with van der Waals surface area (Å²) in [7, 11) is 0. The molecule has 0 atom stereocenters. The highest BCUT2D eigenvalue weighted by molar-refractivity contribution is 4.56. The van der Waals surface area contributed by atoms with Crippen LogP contribution in [0, 0.1) is 0 Å². The summed E-state index contributed by atoms with van der Waals surface area (Å²) in [4.78, 5) is 0. The summed E-state index contributed by atoms with van der Waals surface area (Å²) in [6.07, 6.45) is 5.34. The van der Waals surface area contributed by atoms with Gasteiger partial charge in [-0.2, -0.15) is 0 Å². The van der Waals surface area contributed by atoms with E-state index in [2.05, 4.69) is 13.8 Å². The summed E-state index contributed by atoms with van der Waals surface area (Å²) in [6, 6.07) is 0. The molecule has 0 aliphatic carbocycles. The first-order valence-corrected chi connectivity index (χ1v) is 9.60. The first-order valence-electron chi connectivity index (χ1n) is 9.60. The van der Waals surface area contributed by atoms with Crippen molar-refractivity contribution in [3.05, 3.63) is 0 Å². The molecular formula is C18H38N2O2+2. The molecule has 0 unspecified atom stereocenters. The van der Waals surface area contributed by atoms with Gasteiger partial charge in [0.2, 0.25) is 0 Å². The number of morpholine rings is 2. The van der Waals surface area contributed by atoms with Gasteiger partial charge in [0, 0.05) is 0 Å². The van der Waals surface area contributed by atoms with Gasteiger partial charge in [-0.3, -0.25) is 0 Å². The van der Waals surface area contributed by atoms with Gasteiger partial charge >= 0.3 is 0 Å². The Bertz CT molecular complexity index is 267. The number of hydrogen-bond acceptors (Lipinski definition) is 2. The molecule has 0 aromatic heterocycles. The minimum Gasteiger partial charge on any atom is -0.370 e. The van der Waals surface area contributed by atoms with Crippen LogP contribution < -0.4 is 0 Å². The fraction of sp³-hybridized carbons (Fsp3) is 1.00. The predicted molar refractivity (Wildman–Crippen MR) is 90.9 cm³/mol. The van der Waals surface area contributed by atoms with Crippen LogP contribution in [0.25, 0.3) is 0 Å². The van der Waals surface area contributed by atoms with E-state index in [1.807, 2.05) is 0 Å². The first-order chi connectivity index (χ1) is 10.7. The van der Waals surface area contributed by atoms with E-state index in [0.717, 1.165) is 26.4 Å². The van der Waals surface area contributed by atoms with E-state index in [9.17, 15) is 0 Å². The molecule has 2 saturated heterocycles. The average molecular weight is 315 g/mol. The van der Waals surface area contributed by atoms with E-state index >= 15 is 0 Å². The molecule has 0 aromatic rings. The second-order valence-corrected chi connectivity index (χ2v) is 7.40. The Balaban J connectivity index is 1.94. The van der Waals surface area contributed by atoms with Gasteiger partial charge in [-0.05, 0) is 12.8 Å². The normalized spacial score (nSPS) is 24.3. The molecule has 2 aliphatic rings. The highest BCUT2D eigenvalue weighted by Crippen LogP contribution is 2.19. The van der Waals surface area contributed by atoms with Crippen LogP contribution in [-0.4, -0.2) is 87.8 Å². The predicted octanol–water partition coefficient (Wildman–Crippen LogP) is 2.28. The molecular weight excluding hydrogens is 276 g/mol. The lowest BCUT2D eigenvalue weighted by atomic mass is 10.1. The Hall–Kier alpha value is -0.160. The largest absolute Gasteiger partial charge is 0.370 e. The van der Waals surface area contributed by atoms with Crippen LogP contribution in [0.15, 0.2) is 0 Å². The van der Waals surface area contributed by atoms with Gasteiger partial charge < -0.3 is 18.4 Å². The molecule has 2 rings (SSSR count). The van der Waals surface area contributed by atoms with Crippen LogP contribution >= 0.6 is 0 Å². The molecule has 0 N–H and O–H groups in total. The van der Waals surface area contributed by atoms with Crippen LogP contribution in [0.4, 0.5) is 0 Å². The maximum absolute atomic E-state index is 5.65. The van der Waals surface area contributed by atoms with Gasteiger partial charge in [0.05, 0.1) is 39.5 Å². The van der Waals surface area contributed by atoms with Crippen LogP contribution in [0.1, 0.15) is 39.5 Å². The molecule has 0 saturated carbocycles. The summed E-state index contributed by atoms with van der Waals surface area (Å²) in [5.74, 6) is 0. The van der Waals surface area contributed by atoms with E-state index in [4.69, 9.17) is 9.47 Å². The zero-order valence-corrected chi connectivity index (χ0v) is 15.0. The second kappa shape index (κ2) is 9.21. The van der Waals surface area contributed by atoms with E-state index in [1.165, 1.54) is 87.0 Å². The maximum Gasteiger partial charge on any atom is 0.129 e. The van der Waals surface area contributed by atoms with Gasteiger partial charge in [0.1, 0.15) is 39.3 Å². The number of rotatable bonds is 9. The number of quaternary nitrogens is 2.